The summed E-state index contributed by atoms with van der Waals surface area (Å²) in [7, 11) is 1.80. The second-order valence-corrected chi connectivity index (χ2v) is 9.71. The zero-order chi connectivity index (χ0) is 27.4. The lowest BCUT2D eigenvalue weighted by atomic mass is 10.0. The van der Waals surface area contributed by atoms with Crippen LogP contribution in [-0.4, -0.2) is 72.1 Å². The van der Waals surface area contributed by atoms with Gasteiger partial charge in [-0.25, -0.2) is 4.79 Å². The third kappa shape index (κ3) is 10.6. The number of likely N-dealkylation sites (N-methyl/N-ethyl adjacent to an activating group) is 1. The van der Waals surface area contributed by atoms with Crippen LogP contribution < -0.4 is 27.4 Å². The molecule has 4 amide bonds. The van der Waals surface area contributed by atoms with E-state index in [-0.39, 0.29) is 24.8 Å². The summed E-state index contributed by atoms with van der Waals surface area (Å²) in [6, 6.07) is 4.46. The number of nitrogens with zero attached hydrogens (tertiary/aromatic N) is 1. The second-order valence-electron chi connectivity index (χ2n) is 9.71. The van der Waals surface area contributed by atoms with E-state index in [1.54, 1.807) is 19.2 Å². The Kier molecular flexibility index (Phi) is 12.9. The van der Waals surface area contributed by atoms with Crippen LogP contribution in [0.25, 0.3) is 0 Å². The molecule has 1 aromatic rings. The molecule has 0 unspecified atom stereocenters. The minimum absolute atomic E-state index is 0.0137. The van der Waals surface area contributed by atoms with Crippen LogP contribution >= 0.6 is 0 Å². The average Bonchev–Trinajstić information content (AvgIpc) is 2.79. The number of carboxylic acid groups (broad SMARTS) is 1. The van der Waals surface area contributed by atoms with E-state index in [9.17, 15) is 24.3 Å². The SMILES string of the molecule is CC(C)[C@H](N)C(=O)N[C@@H](CCCNC(N)=O)C(=O)Nc1ccc(CCN(C)[C@H](C(=O)O)C(C)C)cc1. The number of urea groups is 1. The molecule has 8 N–H and O–H groups in total. The van der Waals surface area contributed by atoms with Gasteiger partial charge in [0.1, 0.15) is 12.1 Å². The number of hydrogen-bond donors (Lipinski definition) is 6. The molecule has 0 aliphatic carbocycles. The van der Waals surface area contributed by atoms with Gasteiger partial charge in [0.05, 0.1) is 6.04 Å². The van der Waals surface area contributed by atoms with Crippen molar-refractivity contribution in [3.63, 3.8) is 0 Å². The highest BCUT2D eigenvalue weighted by Gasteiger charge is 2.26. The predicted octanol–water partition coefficient (Wildman–Crippen LogP) is 1.13. The molecule has 0 fully saturated rings. The topological polar surface area (TPSA) is 180 Å². The molecular formula is C25H42N6O5. The zero-order valence-electron chi connectivity index (χ0n) is 21.9. The number of primary amides is 1. The summed E-state index contributed by atoms with van der Waals surface area (Å²) < 4.78 is 0. The lowest BCUT2D eigenvalue weighted by Gasteiger charge is -2.27. The van der Waals surface area contributed by atoms with Crippen LogP contribution in [0.15, 0.2) is 24.3 Å². The molecule has 0 aromatic heterocycles. The number of rotatable bonds is 15. The molecule has 0 bridgehead atoms. The number of carbonyl (C=O) groups is 4. The third-order valence-electron chi connectivity index (χ3n) is 5.96. The maximum absolute atomic E-state index is 12.9. The highest BCUT2D eigenvalue weighted by molar-refractivity contribution is 5.97. The van der Waals surface area contributed by atoms with Crippen LogP contribution in [-0.2, 0) is 20.8 Å². The van der Waals surface area contributed by atoms with Gasteiger partial charge in [-0.1, -0.05) is 39.8 Å². The van der Waals surface area contributed by atoms with E-state index in [1.165, 1.54) is 0 Å². The molecule has 0 aliphatic rings. The first-order valence-electron chi connectivity index (χ1n) is 12.3. The normalized spacial score (nSPS) is 13.8. The fourth-order valence-corrected chi connectivity index (χ4v) is 3.77. The van der Waals surface area contributed by atoms with Crippen molar-refractivity contribution in [1.29, 1.82) is 0 Å². The van der Waals surface area contributed by atoms with Gasteiger partial charge in [0.2, 0.25) is 11.8 Å². The molecular weight excluding hydrogens is 464 g/mol. The standard InChI is InChI=1S/C25H42N6O5/c1-15(2)20(26)23(33)30-19(7-6-13-28-25(27)36)22(32)29-18-10-8-17(9-11-18)12-14-31(5)21(16(3)4)24(34)35/h8-11,15-16,19-21H,6-7,12-14,26H2,1-5H3,(H,29,32)(H,30,33)(H,34,35)(H3,27,28,36)/t19-,20-,21-/m0/s1. The minimum Gasteiger partial charge on any atom is -0.480 e. The van der Waals surface area contributed by atoms with E-state index in [1.807, 2.05) is 44.7 Å². The maximum Gasteiger partial charge on any atom is 0.321 e. The molecule has 11 heteroatoms. The largest absolute Gasteiger partial charge is 0.480 e. The molecule has 0 radical (unpaired) electrons. The molecule has 0 spiro atoms. The van der Waals surface area contributed by atoms with Crippen LogP contribution in [0.5, 0.6) is 0 Å². The zero-order valence-corrected chi connectivity index (χ0v) is 21.9. The van der Waals surface area contributed by atoms with Gasteiger partial charge in [0, 0.05) is 18.8 Å². The lowest BCUT2D eigenvalue weighted by Crippen LogP contribution is -2.51. The fourth-order valence-electron chi connectivity index (χ4n) is 3.77. The van der Waals surface area contributed by atoms with Crippen molar-refractivity contribution in [1.82, 2.24) is 15.5 Å². The van der Waals surface area contributed by atoms with Crippen molar-refractivity contribution in [2.75, 3.05) is 25.5 Å². The Labute approximate surface area is 213 Å². The molecule has 1 aromatic carbocycles. The lowest BCUT2D eigenvalue weighted by molar-refractivity contribution is -0.144. The van der Waals surface area contributed by atoms with Gasteiger partial charge in [0.15, 0.2) is 0 Å². The van der Waals surface area contributed by atoms with Crippen LogP contribution in [0, 0.1) is 11.8 Å². The monoisotopic (exact) mass is 506 g/mol. The molecule has 0 aliphatic heterocycles. The summed E-state index contributed by atoms with van der Waals surface area (Å²) in [5, 5.41) is 17.4. The molecule has 3 atom stereocenters. The summed E-state index contributed by atoms with van der Waals surface area (Å²) in [6.45, 7) is 8.25. The summed E-state index contributed by atoms with van der Waals surface area (Å²) in [5.74, 6) is -1.77. The highest BCUT2D eigenvalue weighted by atomic mass is 16.4. The number of aliphatic carboxylic acids is 1. The molecule has 1 rings (SSSR count). The van der Waals surface area contributed by atoms with Crippen molar-refractivity contribution in [3.8, 4) is 0 Å². The summed E-state index contributed by atoms with van der Waals surface area (Å²) in [4.78, 5) is 49.6. The number of carboxylic acids is 1. The van der Waals surface area contributed by atoms with Gasteiger partial charge in [-0.3, -0.25) is 19.3 Å². The van der Waals surface area contributed by atoms with E-state index < -0.39 is 41.9 Å². The smallest absolute Gasteiger partial charge is 0.321 e. The van der Waals surface area contributed by atoms with E-state index >= 15 is 0 Å². The fraction of sp³-hybridized carbons (Fsp3) is 0.600. The van der Waals surface area contributed by atoms with E-state index in [0.717, 1.165) is 5.56 Å². The number of anilines is 1. The Morgan fingerprint density at radius 2 is 1.61 bits per heavy atom. The minimum atomic E-state index is -0.841. The number of benzene rings is 1. The second kappa shape index (κ2) is 15.0. The predicted molar refractivity (Wildman–Crippen MR) is 139 cm³/mol. The summed E-state index contributed by atoms with van der Waals surface area (Å²) in [6.07, 6.45) is 1.37. The number of amides is 4. The summed E-state index contributed by atoms with van der Waals surface area (Å²) in [5.41, 5.74) is 12.6. The number of carbonyl (C=O) groups excluding carboxylic acids is 3. The van der Waals surface area contributed by atoms with Gasteiger partial charge in [-0.2, -0.15) is 0 Å². The van der Waals surface area contributed by atoms with Gasteiger partial charge in [0.25, 0.3) is 0 Å². The Bertz CT molecular complexity index is 874. The van der Waals surface area contributed by atoms with E-state index in [4.69, 9.17) is 11.5 Å². The molecule has 0 heterocycles. The van der Waals surface area contributed by atoms with E-state index in [2.05, 4.69) is 16.0 Å². The van der Waals surface area contributed by atoms with Gasteiger partial charge in [-0.15, -0.1) is 0 Å². The van der Waals surface area contributed by atoms with Crippen LogP contribution in [0.1, 0.15) is 46.1 Å². The molecule has 11 nitrogen and oxygen atoms in total. The summed E-state index contributed by atoms with van der Waals surface area (Å²) >= 11 is 0. The Hall–Kier alpha value is -3.18. The molecule has 0 saturated heterocycles. The van der Waals surface area contributed by atoms with Crippen molar-refractivity contribution in [2.24, 2.45) is 23.3 Å². The Morgan fingerprint density at radius 3 is 2.11 bits per heavy atom. The molecule has 0 saturated carbocycles. The van der Waals surface area contributed by atoms with Gasteiger partial charge >= 0.3 is 12.0 Å². The highest BCUT2D eigenvalue weighted by Crippen LogP contribution is 2.14. The first kappa shape index (κ1) is 30.9. The van der Waals surface area contributed by atoms with Crippen LogP contribution in [0.4, 0.5) is 10.5 Å². The maximum atomic E-state index is 12.9. The first-order chi connectivity index (χ1) is 16.8. The first-order valence-corrected chi connectivity index (χ1v) is 12.3. The molecule has 36 heavy (non-hydrogen) atoms. The van der Waals surface area contributed by atoms with Crippen molar-refractivity contribution in [3.05, 3.63) is 29.8 Å². The quantitative estimate of drug-likeness (QED) is 0.193. The Balaban J connectivity index is 2.78. The van der Waals surface area contributed by atoms with Crippen molar-refractivity contribution >= 4 is 29.5 Å². The molecule has 202 valence electrons. The van der Waals surface area contributed by atoms with Gasteiger partial charge < -0.3 is 32.5 Å². The van der Waals surface area contributed by atoms with E-state index in [0.29, 0.717) is 25.1 Å². The van der Waals surface area contributed by atoms with Crippen LogP contribution in [0.3, 0.4) is 0 Å². The van der Waals surface area contributed by atoms with Crippen LogP contribution in [0.2, 0.25) is 0 Å². The number of hydrogen-bond acceptors (Lipinski definition) is 6. The number of nitrogens with one attached hydrogen (secondary N) is 3. The number of nitrogens with two attached hydrogens (primary N) is 2. The van der Waals surface area contributed by atoms with Crippen molar-refractivity contribution in [2.45, 2.75) is 65.1 Å². The van der Waals surface area contributed by atoms with Crippen molar-refractivity contribution < 1.29 is 24.3 Å². The third-order valence-corrected chi connectivity index (χ3v) is 5.96. The van der Waals surface area contributed by atoms with Gasteiger partial charge in [-0.05, 0) is 55.8 Å². The average molecular weight is 507 g/mol. The Morgan fingerprint density at radius 1 is 1.00 bits per heavy atom.